The maximum atomic E-state index is 11.3. The highest BCUT2D eigenvalue weighted by molar-refractivity contribution is 5.78. The minimum Gasteiger partial charge on any atom is -0.461 e. The number of ether oxygens (including phenoxy) is 2. The first kappa shape index (κ1) is 13.3. The van der Waals surface area contributed by atoms with E-state index in [2.05, 4.69) is 18.2 Å². The van der Waals surface area contributed by atoms with Crippen molar-refractivity contribution in [2.24, 2.45) is 0 Å². The van der Waals surface area contributed by atoms with Gasteiger partial charge in [0.05, 0.1) is 18.8 Å². The fourth-order valence-electron chi connectivity index (χ4n) is 2.83. The van der Waals surface area contributed by atoms with Gasteiger partial charge in [0.15, 0.2) is 6.29 Å². The van der Waals surface area contributed by atoms with Gasteiger partial charge in [0, 0.05) is 0 Å². The van der Waals surface area contributed by atoms with Gasteiger partial charge >= 0.3 is 0 Å². The van der Waals surface area contributed by atoms with Gasteiger partial charge in [0.25, 0.3) is 0 Å². The molecule has 2 aromatic carbocycles. The molecule has 0 aromatic heterocycles. The highest BCUT2D eigenvalue weighted by atomic mass is 16.6. The van der Waals surface area contributed by atoms with Crippen molar-refractivity contribution in [3.05, 3.63) is 48.5 Å². The molecule has 2 atom stereocenters. The maximum absolute atomic E-state index is 11.3. The van der Waals surface area contributed by atoms with Gasteiger partial charge in [-0.3, -0.25) is 4.79 Å². The van der Waals surface area contributed by atoms with Crippen molar-refractivity contribution in [1.29, 1.82) is 0 Å². The first-order valence-electron chi connectivity index (χ1n) is 7.41. The molecule has 2 aromatic rings. The summed E-state index contributed by atoms with van der Waals surface area (Å²) in [7, 11) is 0. The van der Waals surface area contributed by atoms with Crippen LogP contribution in [-0.4, -0.2) is 31.3 Å². The lowest BCUT2D eigenvalue weighted by molar-refractivity contribution is -0.113. The van der Waals surface area contributed by atoms with E-state index in [-0.39, 0.29) is 5.60 Å². The molecule has 22 heavy (non-hydrogen) atoms. The Labute approximate surface area is 129 Å². The molecule has 0 bridgehead atoms. The summed E-state index contributed by atoms with van der Waals surface area (Å²) in [5.74, 6) is 0.751. The fourth-order valence-corrected chi connectivity index (χ4v) is 2.83. The number of hydrogen-bond acceptors (Lipinski definition) is 4. The molecule has 0 spiro atoms. The lowest BCUT2D eigenvalue weighted by Gasteiger charge is -2.23. The van der Waals surface area contributed by atoms with Crippen molar-refractivity contribution in [1.82, 2.24) is 0 Å². The van der Waals surface area contributed by atoms with E-state index in [1.165, 1.54) is 0 Å². The van der Waals surface area contributed by atoms with Crippen LogP contribution < -0.4 is 9.64 Å². The molecule has 0 radical (unpaired) electrons. The van der Waals surface area contributed by atoms with Crippen LogP contribution in [0.25, 0.3) is 11.1 Å². The second-order valence-electron chi connectivity index (χ2n) is 6.06. The minimum atomic E-state index is -0.568. The molecule has 2 heterocycles. The van der Waals surface area contributed by atoms with E-state index in [0.717, 1.165) is 35.5 Å². The lowest BCUT2D eigenvalue weighted by Crippen LogP contribution is -2.41. The molecule has 2 aliphatic rings. The standard InChI is InChI=1S/C18H17NO3/c1-18(12-21-18)11-19-15-9-14(13-5-3-2-4-6-13)7-8-16(15)22-17(19)10-20/h2-10,17H,11-12H2,1H3. The highest BCUT2D eigenvalue weighted by Gasteiger charge is 2.45. The largest absolute Gasteiger partial charge is 0.461 e. The van der Waals surface area contributed by atoms with Gasteiger partial charge in [0.1, 0.15) is 11.4 Å². The summed E-state index contributed by atoms with van der Waals surface area (Å²) in [5, 5.41) is 0. The Bertz CT molecular complexity index is 710. The van der Waals surface area contributed by atoms with Crippen molar-refractivity contribution in [2.75, 3.05) is 18.1 Å². The minimum absolute atomic E-state index is 0.172. The Hall–Kier alpha value is -2.33. The predicted octanol–water partition coefficient (Wildman–Crippen LogP) is 2.87. The van der Waals surface area contributed by atoms with Gasteiger partial charge in [0.2, 0.25) is 6.23 Å². The van der Waals surface area contributed by atoms with E-state index in [1.54, 1.807) is 0 Å². The fraction of sp³-hybridized carbons (Fsp3) is 0.278. The van der Waals surface area contributed by atoms with Gasteiger partial charge < -0.3 is 14.4 Å². The third kappa shape index (κ3) is 2.25. The molecule has 112 valence electrons. The molecule has 2 aliphatic heterocycles. The Morgan fingerprint density at radius 2 is 2.00 bits per heavy atom. The summed E-state index contributed by atoms with van der Waals surface area (Å²) >= 11 is 0. The number of carbonyl (C=O) groups is 1. The Balaban J connectivity index is 1.72. The van der Waals surface area contributed by atoms with Crippen molar-refractivity contribution in [2.45, 2.75) is 18.8 Å². The number of hydrogen-bond donors (Lipinski definition) is 0. The molecule has 0 amide bonds. The quantitative estimate of drug-likeness (QED) is 0.642. The van der Waals surface area contributed by atoms with Crippen LogP contribution in [0, 0.1) is 0 Å². The Morgan fingerprint density at radius 3 is 2.68 bits per heavy atom. The molecule has 0 aliphatic carbocycles. The van der Waals surface area contributed by atoms with Crippen LogP contribution in [0.15, 0.2) is 48.5 Å². The Kier molecular flexibility index (Phi) is 2.94. The smallest absolute Gasteiger partial charge is 0.229 e. The second kappa shape index (κ2) is 4.85. The number of benzene rings is 2. The molecule has 0 saturated carbocycles. The molecule has 0 N–H and O–H groups in total. The van der Waals surface area contributed by atoms with E-state index in [4.69, 9.17) is 9.47 Å². The number of epoxide rings is 1. The van der Waals surface area contributed by atoms with Gasteiger partial charge in [-0.15, -0.1) is 0 Å². The van der Waals surface area contributed by atoms with E-state index in [0.29, 0.717) is 6.54 Å². The van der Waals surface area contributed by atoms with Gasteiger partial charge in [-0.2, -0.15) is 0 Å². The second-order valence-corrected chi connectivity index (χ2v) is 6.06. The van der Waals surface area contributed by atoms with Gasteiger partial charge in [-0.1, -0.05) is 36.4 Å². The summed E-state index contributed by atoms with van der Waals surface area (Å²) in [4.78, 5) is 13.3. The van der Waals surface area contributed by atoms with Crippen LogP contribution in [0.4, 0.5) is 5.69 Å². The molecule has 1 saturated heterocycles. The van der Waals surface area contributed by atoms with E-state index < -0.39 is 6.23 Å². The molecule has 4 nitrogen and oxygen atoms in total. The van der Waals surface area contributed by atoms with Crippen molar-refractivity contribution < 1.29 is 14.3 Å². The zero-order valence-electron chi connectivity index (χ0n) is 12.4. The number of anilines is 1. The van der Waals surface area contributed by atoms with Crippen LogP contribution in [0.5, 0.6) is 5.75 Å². The molecule has 1 fully saturated rings. The van der Waals surface area contributed by atoms with Crippen LogP contribution >= 0.6 is 0 Å². The first-order valence-corrected chi connectivity index (χ1v) is 7.41. The van der Waals surface area contributed by atoms with Crippen LogP contribution in [0.3, 0.4) is 0 Å². The zero-order chi connectivity index (χ0) is 15.2. The van der Waals surface area contributed by atoms with E-state index in [9.17, 15) is 4.79 Å². The molecule has 2 unspecified atom stereocenters. The summed E-state index contributed by atoms with van der Waals surface area (Å²) < 4.78 is 11.2. The highest BCUT2D eigenvalue weighted by Crippen LogP contribution is 2.42. The van der Waals surface area contributed by atoms with Crippen molar-refractivity contribution >= 4 is 12.0 Å². The van der Waals surface area contributed by atoms with Gasteiger partial charge in [-0.05, 0) is 30.2 Å². The van der Waals surface area contributed by atoms with Crippen LogP contribution in [-0.2, 0) is 9.53 Å². The summed E-state index contributed by atoms with van der Waals surface area (Å²) in [6, 6.07) is 16.2. The van der Waals surface area contributed by atoms with E-state index in [1.807, 2.05) is 42.2 Å². The molecule has 4 heteroatoms. The first-order chi connectivity index (χ1) is 10.7. The number of rotatable bonds is 4. The predicted molar refractivity (Wildman–Crippen MR) is 84.1 cm³/mol. The monoisotopic (exact) mass is 295 g/mol. The average molecular weight is 295 g/mol. The normalized spacial score (nSPS) is 25.5. The summed E-state index contributed by atoms with van der Waals surface area (Å²) in [6.07, 6.45) is 0.274. The third-order valence-corrected chi connectivity index (χ3v) is 4.19. The topological polar surface area (TPSA) is 42.1 Å². The number of aldehydes is 1. The zero-order valence-corrected chi connectivity index (χ0v) is 12.4. The molecular weight excluding hydrogens is 278 g/mol. The SMILES string of the molecule is CC1(CN2c3cc(-c4ccccc4)ccc3OC2C=O)CO1. The van der Waals surface area contributed by atoms with Crippen molar-refractivity contribution in [3.63, 3.8) is 0 Å². The summed E-state index contributed by atoms with van der Waals surface area (Å²) in [5.41, 5.74) is 3.04. The maximum Gasteiger partial charge on any atom is 0.229 e. The average Bonchev–Trinajstić information content (AvgIpc) is 3.19. The van der Waals surface area contributed by atoms with E-state index >= 15 is 0 Å². The van der Waals surface area contributed by atoms with Crippen LogP contribution in [0.1, 0.15) is 6.92 Å². The number of nitrogens with zero attached hydrogens (tertiary/aromatic N) is 1. The number of carbonyl (C=O) groups excluding carboxylic acids is 1. The summed E-state index contributed by atoms with van der Waals surface area (Å²) in [6.45, 7) is 3.43. The lowest BCUT2D eigenvalue weighted by atomic mass is 10.0. The number of fused-ring (bicyclic) bond motifs is 1. The third-order valence-electron chi connectivity index (χ3n) is 4.19. The van der Waals surface area contributed by atoms with Gasteiger partial charge in [-0.25, -0.2) is 0 Å². The molecular formula is C18H17NO3. The Morgan fingerprint density at radius 1 is 1.23 bits per heavy atom. The van der Waals surface area contributed by atoms with Crippen molar-refractivity contribution in [3.8, 4) is 16.9 Å². The molecule has 4 rings (SSSR count). The van der Waals surface area contributed by atoms with Crippen LogP contribution in [0.2, 0.25) is 0 Å².